The number of hydrogen-bond acceptors (Lipinski definition) is 5. The number of nitrogens with one attached hydrogen (secondary N) is 1. The van der Waals surface area contributed by atoms with Crippen molar-refractivity contribution in [2.45, 2.75) is 20.0 Å². The highest BCUT2D eigenvalue weighted by Crippen LogP contribution is 2.54. The van der Waals surface area contributed by atoms with E-state index in [4.69, 9.17) is 25.2 Å². The van der Waals surface area contributed by atoms with E-state index < -0.39 is 19.8 Å². The van der Waals surface area contributed by atoms with Gasteiger partial charge < -0.3 is 5.32 Å². The van der Waals surface area contributed by atoms with Crippen LogP contribution in [0.15, 0.2) is 18.2 Å². The minimum Gasteiger partial charge on any atom is -0.323 e. The Morgan fingerprint density at radius 2 is 1.95 bits per heavy atom. The van der Waals surface area contributed by atoms with Gasteiger partial charge in [-0.2, -0.15) is 0 Å². The molecule has 6 nitrogen and oxygen atoms in total. The molecule has 1 aliphatic heterocycles. The molecule has 1 heterocycles. The maximum Gasteiger partial charge on any atom is 0.475 e. The van der Waals surface area contributed by atoms with Gasteiger partial charge >= 0.3 is 7.82 Å². The summed E-state index contributed by atoms with van der Waals surface area (Å²) < 4.78 is 27.7. The average Bonchev–Trinajstić information content (AvgIpc) is 2.66. The summed E-state index contributed by atoms with van der Waals surface area (Å²) in [6.45, 7) is 3.62. The molecule has 1 aromatic carbocycles. The number of fused-ring (bicyclic) bond motifs is 1. The Morgan fingerprint density at radius 3 is 2.55 bits per heavy atom. The number of benzene rings is 1. The number of halogens is 1. The summed E-state index contributed by atoms with van der Waals surface area (Å²) in [6, 6.07) is 4.89. The van der Waals surface area contributed by atoms with Crippen molar-refractivity contribution >= 4 is 31.0 Å². The first-order chi connectivity index (χ1) is 9.49. The van der Waals surface area contributed by atoms with Crippen LogP contribution in [0, 0.1) is 0 Å². The summed E-state index contributed by atoms with van der Waals surface area (Å²) >= 11 is 5.90. The van der Waals surface area contributed by atoms with Gasteiger partial charge in [0.25, 0.3) is 5.91 Å². The van der Waals surface area contributed by atoms with E-state index in [0.717, 1.165) is 0 Å². The summed E-state index contributed by atoms with van der Waals surface area (Å²) in [7, 11) is -3.78. The van der Waals surface area contributed by atoms with Crippen LogP contribution in [0.3, 0.4) is 0 Å². The molecule has 20 heavy (non-hydrogen) atoms. The van der Waals surface area contributed by atoms with Crippen LogP contribution in [0.5, 0.6) is 0 Å². The zero-order chi connectivity index (χ0) is 14.8. The zero-order valence-electron chi connectivity index (χ0n) is 11.1. The first kappa shape index (κ1) is 15.5. The van der Waals surface area contributed by atoms with Crippen LogP contribution in [-0.4, -0.2) is 19.1 Å². The molecule has 1 aliphatic rings. The number of carbonyl (C=O) groups excluding carboxylic acids is 1. The molecule has 110 valence electrons. The lowest BCUT2D eigenvalue weighted by Gasteiger charge is -2.19. The van der Waals surface area contributed by atoms with Crippen molar-refractivity contribution in [2.24, 2.45) is 0 Å². The van der Waals surface area contributed by atoms with Crippen molar-refractivity contribution in [3.63, 3.8) is 0 Å². The minimum absolute atomic E-state index is 0.147. The first-order valence-corrected chi connectivity index (χ1v) is 8.00. The zero-order valence-corrected chi connectivity index (χ0v) is 12.7. The molecule has 0 aromatic heterocycles. The highest BCUT2D eigenvalue weighted by molar-refractivity contribution is 7.48. The lowest BCUT2D eigenvalue weighted by molar-refractivity contribution is -0.123. The maximum absolute atomic E-state index is 12.3. The molecular weight excluding hydrogens is 305 g/mol. The van der Waals surface area contributed by atoms with Gasteiger partial charge in [0.2, 0.25) is 0 Å². The Kier molecular flexibility index (Phi) is 4.83. The lowest BCUT2D eigenvalue weighted by Crippen LogP contribution is -2.15. The Morgan fingerprint density at radius 1 is 1.30 bits per heavy atom. The first-order valence-electron chi connectivity index (χ1n) is 6.17. The van der Waals surface area contributed by atoms with Crippen LogP contribution in [0.4, 0.5) is 5.69 Å². The molecule has 1 unspecified atom stereocenters. The molecule has 0 saturated heterocycles. The molecule has 1 aromatic rings. The number of anilines is 1. The van der Waals surface area contributed by atoms with E-state index in [9.17, 15) is 9.36 Å². The van der Waals surface area contributed by atoms with Gasteiger partial charge in [0.1, 0.15) is 0 Å². The second kappa shape index (κ2) is 6.24. The topological polar surface area (TPSA) is 73.9 Å². The molecule has 0 radical (unpaired) electrons. The quantitative estimate of drug-likeness (QED) is 0.812. The van der Waals surface area contributed by atoms with Crippen molar-refractivity contribution in [2.75, 3.05) is 18.5 Å². The predicted molar refractivity (Wildman–Crippen MR) is 74.8 cm³/mol. The number of phosphoric ester groups is 1. The highest BCUT2D eigenvalue weighted by Gasteiger charge is 2.39. The molecule has 1 N–H and O–H groups in total. The molecule has 8 heteroatoms. The van der Waals surface area contributed by atoms with Gasteiger partial charge in [-0.25, -0.2) is 4.57 Å². The molecule has 1 atom stereocenters. The number of hydrogen-bond donors (Lipinski definition) is 1. The minimum atomic E-state index is -3.78. The van der Waals surface area contributed by atoms with E-state index in [0.29, 0.717) is 16.3 Å². The highest BCUT2D eigenvalue weighted by atomic mass is 35.5. The predicted octanol–water partition coefficient (Wildman–Crippen LogP) is 3.53. The second-order valence-electron chi connectivity index (χ2n) is 3.99. The van der Waals surface area contributed by atoms with E-state index in [1.807, 2.05) is 0 Å². The van der Waals surface area contributed by atoms with Crippen LogP contribution in [0.2, 0.25) is 5.02 Å². The van der Waals surface area contributed by atoms with Crippen molar-refractivity contribution < 1.29 is 22.9 Å². The fourth-order valence-electron chi connectivity index (χ4n) is 1.85. The van der Waals surface area contributed by atoms with Gasteiger partial charge in [-0.15, -0.1) is 0 Å². The second-order valence-corrected chi connectivity index (χ2v) is 6.05. The van der Waals surface area contributed by atoms with Crippen LogP contribution in [-0.2, 0) is 22.9 Å². The smallest absolute Gasteiger partial charge is 0.323 e. The van der Waals surface area contributed by atoms with E-state index in [1.165, 1.54) is 0 Å². The number of amides is 1. The van der Waals surface area contributed by atoms with Gasteiger partial charge in [0, 0.05) is 16.3 Å². The lowest BCUT2D eigenvalue weighted by atomic mass is 10.1. The Bertz CT molecular complexity index is 555. The molecular formula is C12H15ClNO5P. The van der Waals surface area contributed by atoms with Crippen LogP contribution in [0.1, 0.15) is 25.5 Å². The molecule has 1 amide bonds. The van der Waals surface area contributed by atoms with Gasteiger partial charge in [-0.1, -0.05) is 11.6 Å². The summed E-state index contributed by atoms with van der Waals surface area (Å²) in [5, 5.41) is 3.08. The molecule has 0 fully saturated rings. The SMILES string of the molecule is CCOP(=O)(OCC)OC1C(=O)Nc2ccc(Cl)cc21. The van der Waals surface area contributed by atoms with E-state index in [2.05, 4.69) is 5.32 Å². The molecule has 0 aliphatic carbocycles. The molecule has 0 bridgehead atoms. The van der Waals surface area contributed by atoms with Crippen LogP contribution >= 0.6 is 19.4 Å². The molecule has 2 rings (SSSR count). The van der Waals surface area contributed by atoms with Crippen LogP contribution in [0.25, 0.3) is 0 Å². The number of phosphoric acid groups is 1. The largest absolute Gasteiger partial charge is 0.475 e. The fraction of sp³-hybridized carbons (Fsp3) is 0.417. The monoisotopic (exact) mass is 319 g/mol. The third-order valence-corrected chi connectivity index (χ3v) is 4.45. The summed E-state index contributed by atoms with van der Waals surface area (Å²) in [5.74, 6) is -0.429. The Labute approximate surface area is 122 Å². The van der Waals surface area contributed by atoms with Crippen LogP contribution < -0.4 is 5.32 Å². The number of carbonyl (C=O) groups is 1. The van der Waals surface area contributed by atoms with E-state index in [-0.39, 0.29) is 13.2 Å². The van der Waals surface area contributed by atoms with E-state index in [1.54, 1.807) is 32.0 Å². The number of rotatable bonds is 6. The third kappa shape index (κ3) is 3.22. The van der Waals surface area contributed by atoms with Gasteiger partial charge in [-0.3, -0.25) is 18.4 Å². The summed E-state index contributed by atoms with van der Waals surface area (Å²) in [5.41, 5.74) is 1.09. The molecule has 0 saturated carbocycles. The summed E-state index contributed by atoms with van der Waals surface area (Å²) in [6.07, 6.45) is -1.06. The Hall–Kier alpha value is -0.910. The summed E-state index contributed by atoms with van der Waals surface area (Å²) in [4.78, 5) is 11.9. The normalized spacial score (nSPS) is 17.9. The van der Waals surface area contributed by atoms with Crippen molar-refractivity contribution in [1.82, 2.24) is 0 Å². The standard InChI is InChI=1S/C12H15ClNO5P/c1-3-17-20(16,18-4-2)19-11-9-7-8(13)5-6-10(9)14-12(11)15/h5-7,11H,3-4H2,1-2H3,(H,14,15). The van der Waals surface area contributed by atoms with Crippen molar-refractivity contribution in [3.8, 4) is 0 Å². The van der Waals surface area contributed by atoms with E-state index >= 15 is 0 Å². The van der Waals surface area contributed by atoms with Gasteiger partial charge in [0.15, 0.2) is 6.10 Å². The molecule has 0 spiro atoms. The fourth-order valence-corrected chi connectivity index (χ4v) is 3.33. The third-order valence-electron chi connectivity index (χ3n) is 2.60. The maximum atomic E-state index is 12.3. The van der Waals surface area contributed by atoms with Gasteiger partial charge in [-0.05, 0) is 32.0 Å². The van der Waals surface area contributed by atoms with Gasteiger partial charge in [0.05, 0.1) is 13.2 Å². The van der Waals surface area contributed by atoms with Crippen molar-refractivity contribution in [3.05, 3.63) is 28.8 Å². The Balaban J connectivity index is 2.27. The average molecular weight is 320 g/mol. The van der Waals surface area contributed by atoms with Crippen molar-refractivity contribution in [1.29, 1.82) is 0 Å².